The summed E-state index contributed by atoms with van der Waals surface area (Å²) in [7, 11) is 2.14. The van der Waals surface area contributed by atoms with Crippen LogP contribution < -0.4 is 0 Å². The first-order chi connectivity index (χ1) is 9.26. The van der Waals surface area contributed by atoms with Crippen LogP contribution in [0.1, 0.15) is 56.4 Å². The van der Waals surface area contributed by atoms with Crippen molar-refractivity contribution in [1.82, 2.24) is 15.1 Å². The third-order valence-corrected chi connectivity index (χ3v) is 4.23. The summed E-state index contributed by atoms with van der Waals surface area (Å²) in [5, 5.41) is 8.35. The van der Waals surface area contributed by atoms with E-state index < -0.39 is 0 Å². The van der Waals surface area contributed by atoms with Gasteiger partial charge in [0, 0.05) is 24.9 Å². The highest BCUT2D eigenvalue weighted by atomic mass is 16.5. The smallest absolute Gasteiger partial charge is 0.245 e. The molecule has 0 spiro atoms. The van der Waals surface area contributed by atoms with Crippen molar-refractivity contribution in [2.45, 2.75) is 44.6 Å². The number of rotatable bonds is 6. The fraction of sp³-hybridized carbons (Fsp3) is 0.857. The summed E-state index contributed by atoms with van der Waals surface area (Å²) in [4.78, 5) is 2.30. The normalized spacial score (nSPS) is 23.1. The Balaban J connectivity index is 1.53. The maximum Gasteiger partial charge on any atom is 0.245 e. The molecule has 0 N–H and O–H groups in total. The molecule has 0 aromatic carbocycles. The highest BCUT2D eigenvalue weighted by Crippen LogP contribution is 2.36. The number of likely N-dealkylation sites (tertiary alicyclic amines) is 1. The lowest BCUT2D eigenvalue weighted by atomic mass is 9.85. The molecule has 106 valence electrons. The van der Waals surface area contributed by atoms with E-state index >= 15 is 0 Å². The lowest BCUT2D eigenvalue weighted by Gasteiger charge is -2.36. The summed E-state index contributed by atoms with van der Waals surface area (Å²) in [6, 6.07) is 0. The Morgan fingerprint density at radius 1 is 1.37 bits per heavy atom. The van der Waals surface area contributed by atoms with Crippen LogP contribution >= 0.6 is 0 Å². The zero-order valence-corrected chi connectivity index (χ0v) is 11.8. The second kappa shape index (κ2) is 5.59. The summed E-state index contributed by atoms with van der Waals surface area (Å²) in [5.41, 5.74) is 0. The average Bonchev–Trinajstić information content (AvgIpc) is 2.74. The fourth-order valence-electron chi connectivity index (χ4n) is 2.75. The Morgan fingerprint density at radius 3 is 2.74 bits per heavy atom. The van der Waals surface area contributed by atoms with Gasteiger partial charge >= 0.3 is 0 Å². The van der Waals surface area contributed by atoms with Crippen LogP contribution in [0.25, 0.3) is 0 Å². The molecule has 0 radical (unpaired) electrons. The molecule has 3 rings (SSSR count). The van der Waals surface area contributed by atoms with E-state index in [1.165, 1.54) is 19.3 Å². The van der Waals surface area contributed by atoms with Gasteiger partial charge in [-0.1, -0.05) is 13.3 Å². The van der Waals surface area contributed by atoms with Crippen molar-refractivity contribution in [2.75, 3.05) is 26.7 Å². The SMILES string of the molecule is CCC(OCC1CN(C)C1)c1nnc(C2CCC2)o1. The average molecular weight is 265 g/mol. The fourth-order valence-corrected chi connectivity index (χ4v) is 2.75. The van der Waals surface area contributed by atoms with Crippen LogP contribution in [0.5, 0.6) is 0 Å². The number of aromatic nitrogens is 2. The first-order valence-corrected chi connectivity index (χ1v) is 7.39. The van der Waals surface area contributed by atoms with Gasteiger partial charge in [-0.15, -0.1) is 10.2 Å². The van der Waals surface area contributed by atoms with Crippen molar-refractivity contribution >= 4 is 0 Å². The largest absolute Gasteiger partial charge is 0.422 e. The van der Waals surface area contributed by atoms with Crippen molar-refractivity contribution in [3.8, 4) is 0 Å². The zero-order chi connectivity index (χ0) is 13.2. The molecule has 5 heteroatoms. The second-order valence-electron chi connectivity index (χ2n) is 5.92. The van der Waals surface area contributed by atoms with Crippen LogP contribution in [0.3, 0.4) is 0 Å². The standard InChI is InChI=1S/C14H23N3O2/c1-3-12(18-9-10-7-17(2)8-10)14-16-15-13(19-14)11-5-4-6-11/h10-12H,3-9H2,1-2H3. The van der Waals surface area contributed by atoms with Crippen molar-refractivity contribution in [2.24, 2.45) is 5.92 Å². The third kappa shape index (κ3) is 2.82. The maximum absolute atomic E-state index is 5.95. The van der Waals surface area contributed by atoms with E-state index in [1.54, 1.807) is 0 Å². The maximum atomic E-state index is 5.95. The van der Waals surface area contributed by atoms with Gasteiger partial charge in [-0.05, 0) is 26.3 Å². The molecule has 1 saturated heterocycles. The van der Waals surface area contributed by atoms with Gasteiger partial charge in [-0.2, -0.15) is 0 Å². The highest BCUT2D eigenvalue weighted by Gasteiger charge is 2.28. The van der Waals surface area contributed by atoms with Gasteiger partial charge in [0.25, 0.3) is 0 Å². The molecule has 0 amide bonds. The van der Waals surface area contributed by atoms with Crippen LogP contribution in [0.15, 0.2) is 4.42 Å². The zero-order valence-electron chi connectivity index (χ0n) is 11.8. The van der Waals surface area contributed by atoms with Gasteiger partial charge in [0.2, 0.25) is 11.8 Å². The summed E-state index contributed by atoms with van der Waals surface area (Å²) in [6.07, 6.45) is 4.51. The molecular weight excluding hydrogens is 242 g/mol. The molecule has 1 aliphatic heterocycles. The van der Waals surface area contributed by atoms with Crippen molar-refractivity contribution in [3.05, 3.63) is 11.8 Å². The molecule has 0 bridgehead atoms. The predicted octanol–water partition coefficient (Wildman–Crippen LogP) is 2.37. The molecule has 2 fully saturated rings. The molecule has 1 saturated carbocycles. The highest BCUT2D eigenvalue weighted by molar-refractivity contribution is 4.97. The molecule has 1 aromatic heterocycles. The van der Waals surface area contributed by atoms with Gasteiger partial charge in [-0.25, -0.2) is 0 Å². The molecule has 1 unspecified atom stereocenters. The quantitative estimate of drug-likeness (QED) is 0.790. The Bertz CT molecular complexity index is 411. The van der Waals surface area contributed by atoms with E-state index in [1.807, 2.05) is 0 Å². The summed E-state index contributed by atoms with van der Waals surface area (Å²) in [6.45, 7) is 5.16. The van der Waals surface area contributed by atoms with Crippen molar-refractivity contribution in [3.63, 3.8) is 0 Å². The van der Waals surface area contributed by atoms with E-state index in [-0.39, 0.29) is 6.10 Å². The number of hydrogen-bond acceptors (Lipinski definition) is 5. The first-order valence-electron chi connectivity index (χ1n) is 7.39. The van der Waals surface area contributed by atoms with Crippen LogP contribution in [0.2, 0.25) is 0 Å². The van der Waals surface area contributed by atoms with Gasteiger partial charge in [0.1, 0.15) is 6.10 Å². The van der Waals surface area contributed by atoms with Crippen LogP contribution in [-0.4, -0.2) is 41.8 Å². The molecule has 19 heavy (non-hydrogen) atoms. The minimum atomic E-state index is -0.0350. The molecule has 2 aliphatic rings. The topological polar surface area (TPSA) is 51.4 Å². The summed E-state index contributed by atoms with van der Waals surface area (Å²) >= 11 is 0. The van der Waals surface area contributed by atoms with Crippen LogP contribution in [0, 0.1) is 5.92 Å². The first kappa shape index (κ1) is 13.1. The lowest BCUT2D eigenvalue weighted by molar-refractivity contribution is -0.0271. The third-order valence-electron chi connectivity index (χ3n) is 4.23. The molecule has 5 nitrogen and oxygen atoms in total. The minimum Gasteiger partial charge on any atom is -0.422 e. The van der Waals surface area contributed by atoms with E-state index in [2.05, 4.69) is 29.1 Å². The molecule has 1 aromatic rings. The number of ether oxygens (including phenoxy) is 1. The Hall–Kier alpha value is -0.940. The van der Waals surface area contributed by atoms with Crippen LogP contribution in [-0.2, 0) is 4.74 Å². The molecule has 1 atom stereocenters. The molecular formula is C14H23N3O2. The predicted molar refractivity (Wildman–Crippen MR) is 70.9 cm³/mol. The van der Waals surface area contributed by atoms with Gasteiger partial charge < -0.3 is 14.1 Å². The van der Waals surface area contributed by atoms with E-state index in [4.69, 9.17) is 9.15 Å². The minimum absolute atomic E-state index is 0.0350. The van der Waals surface area contributed by atoms with E-state index in [0.717, 1.165) is 32.0 Å². The summed E-state index contributed by atoms with van der Waals surface area (Å²) < 4.78 is 11.7. The lowest BCUT2D eigenvalue weighted by Crippen LogP contribution is -2.46. The number of nitrogens with zero attached hydrogens (tertiary/aromatic N) is 3. The molecule has 1 aliphatic carbocycles. The second-order valence-corrected chi connectivity index (χ2v) is 5.92. The Morgan fingerprint density at radius 2 is 2.16 bits per heavy atom. The van der Waals surface area contributed by atoms with E-state index in [9.17, 15) is 0 Å². The summed E-state index contributed by atoms with van der Waals surface area (Å²) in [5.74, 6) is 2.64. The molecule has 2 heterocycles. The monoisotopic (exact) mass is 265 g/mol. The van der Waals surface area contributed by atoms with Gasteiger partial charge in [0.05, 0.1) is 6.61 Å². The number of hydrogen-bond donors (Lipinski definition) is 0. The van der Waals surface area contributed by atoms with Crippen molar-refractivity contribution in [1.29, 1.82) is 0 Å². The van der Waals surface area contributed by atoms with Crippen LogP contribution in [0.4, 0.5) is 0 Å². The van der Waals surface area contributed by atoms with Gasteiger partial charge in [-0.3, -0.25) is 0 Å². The van der Waals surface area contributed by atoms with Gasteiger partial charge in [0.15, 0.2) is 0 Å². The van der Waals surface area contributed by atoms with Crippen molar-refractivity contribution < 1.29 is 9.15 Å². The van der Waals surface area contributed by atoms with E-state index in [0.29, 0.717) is 17.7 Å². The Kier molecular flexibility index (Phi) is 3.84. The Labute approximate surface area is 114 Å².